The summed E-state index contributed by atoms with van der Waals surface area (Å²) >= 11 is 9.62. The van der Waals surface area contributed by atoms with E-state index in [-0.39, 0.29) is 0 Å². The van der Waals surface area contributed by atoms with Crippen molar-refractivity contribution in [1.29, 1.82) is 0 Å². The lowest BCUT2D eigenvalue weighted by Crippen LogP contribution is -2.06. The molecule has 21 heavy (non-hydrogen) atoms. The normalized spacial score (nSPS) is 11.2. The van der Waals surface area contributed by atoms with E-state index in [1.165, 1.54) is 0 Å². The Labute approximate surface area is 136 Å². The molecule has 3 aromatic rings. The highest BCUT2D eigenvalue weighted by Crippen LogP contribution is 2.28. The molecule has 0 radical (unpaired) electrons. The molecular formula is C16H15BrClN3. The van der Waals surface area contributed by atoms with Gasteiger partial charge in [-0.3, -0.25) is 0 Å². The molecule has 0 saturated carbocycles. The van der Waals surface area contributed by atoms with Gasteiger partial charge in [-0.1, -0.05) is 17.7 Å². The zero-order valence-corrected chi connectivity index (χ0v) is 13.9. The number of pyridine rings is 1. The van der Waals surface area contributed by atoms with Crippen molar-refractivity contribution >= 4 is 33.2 Å². The number of halogens is 2. The van der Waals surface area contributed by atoms with Gasteiger partial charge in [0.05, 0.1) is 11.4 Å². The first-order valence-corrected chi connectivity index (χ1v) is 7.90. The summed E-state index contributed by atoms with van der Waals surface area (Å²) in [6, 6.07) is 9.98. The van der Waals surface area contributed by atoms with Crippen LogP contribution in [0.1, 0.15) is 11.3 Å². The van der Waals surface area contributed by atoms with E-state index in [1.807, 2.05) is 37.4 Å². The highest BCUT2D eigenvalue weighted by molar-refractivity contribution is 9.10. The predicted octanol–water partition coefficient (Wildman–Crippen LogP) is 4.23. The smallest absolute Gasteiger partial charge is 0.137 e. The molecular weight excluding hydrogens is 350 g/mol. The summed E-state index contributed by atoms with van der Waals surface area (Å²) in [4.78, 5) is 4.76. The summed E-state index contributed by atoms with van der Waals surface area (Å²) in [7, 11) is 0. The SMILES string of the molecule is Cc1cc(-c2nc3ccc(Br)cn3c2CCN)ccc1Cl. The van der Waals surface area contributed by atoms with E-state index >= 15 is 0 Å². The maximum Gasteiger partial charge on any atom is 0.137 e. The van der Waals surface area contributed by atoms with Crippen LogP contribution >= 0.6 is 27.5 Å². The lowest BCUT2D eigenvalue weighted by Gasteiger charge is -2.06. The Kier molecular flexibility index (Phi) is 4.02. The lowest BCUT2D eigenvalue weighted by molar-refractivity contribution is 0.906. The first kappa shape index (κ1) is 14.6. The highest BCUT2D eigenvalue weighted by Gasteiger charge is 2.14. The number of hydrogen-bond acceptors (Lipinski definition) is 2. The number of nitrogens with zero attached hydrogens (tertiary/aromatic N) is 2. The second kappa shape index (κ2) is 5.79. The van der Waals surface area contributed by atoms with Crippen LogP contribution in [0.25, 0.3) is 16.9 Å². The van der Waals surface area contributed by atoms with E-state index in [2.05, 4.69) is 26.4 Å². The van der Waals surface area contributed by atoms with Gasteiger partial charge in [0.15, 0.2) is 0 Å². The number of nitrogens with two attached hydrogens (primary N) is 1. The molecule has 108 valence electrons. The van der Waals surface area contributed by atoms with Crippen LogP contribution in [-0.2, 0) is 6.42 Å². The molecule has 0 fully saturated rings. The third-order valence-corrected chi connectivity index (χ3v) is 4.39. The molecule has 0 bridgehead atoms. The molecule has 2 heterocycles. The van der Waals surface area contributed by atoms with E-state index in [9.17, 15) is 0 Å². The average Bonchev–Trinajstić information content (AvgIpc) is 2.81. The van der Waals surface area contributed by atoms with Crippen molar-refractivity contribution < 1.29 is 0 Å². The summed E-state index contributed by atoms with van der Waals surface area (Å²) < 4.78 is 3.11. The van der Waals surface area contributed by atoms with Gasteiger partial charge in [-0.15, -0.1) is 0 Å². The molecule has 2 N–H and O–H groups in total. The van der Waals surface area contributed by atoms with Crippen LogP contribution in [0.3, 0.4) is 0 Å². The van der Waals surface area contributed by atoms with Gasteiger partial charge in [0.2, 0.25) is 0 Å². The molecule has 5 heteroatoms. The van der Waals surface area contributed by atoms with Crippen molar-refractivity contribution in [2.75, 3.05) is 6.54 Å². The van der Waals surface area contributed by atoms with Gasteiger partial charge in [-0.25, -0.2) is 4.98 Å². The molecule has 3 rings (SSSR count). The first-order chi connectivity index (χ1) is 10.1. The number of aromatic nitrogens is 2. The fourth-order valence-corrected chi connectivity index (χ4v) is 2.92. The summed E-state index contributed by atoms with van der Waals surface area (Å²) in [5.74, 6) is 0. The van der Waals surface area contributed by atoms with Crippen LogP contribution in [-0.4, -0.2) is 15.9 Å². The number of fused-ring (bicyclic) bond motifs is 1. The largest absolute Gasteiger partial charge is 0.330 e. The summed E-state index contributed by atoms with van der Waals surface area (Å²) in [6.07, 6.45) is 2.80. The standard InChI is InChI=1S/C16H15BrClN3/c1-10-8-11(2-4-13(10)18)16-14(6-7-19)21-9-12(17)3-5-15(21)20-16/h2-5,8-9H,6-7,19H2,1H3. The van der Waals surface area contributed by atoms with Crippen LogP contribution < -0.4 is 5.73 Å². The van der Waals surface area contributed by atoms with E-state index in [0.29, 0.717) is 6.54 Å². The van der Waals surface area contributed by atoms with Crippen LogP contribution in [0.5, 0.6) is 0 Å². The van der Waals surface area contributed by atoms with Crippen molar-refractivity contribution in [3.05, 3.63) is 57.3 Å². The summed E-state index contributed by atoms with van der Waals surface area (Å²) in [5, 5.41) is 0.769. The Balaban J connectivity index is 2.25. The monoisotopic (exact) mass is 363 g/mol. The van der Waals surface area contributed by atoms with E-state index in [0.717, 1.165) is 44.1 Å². The summed E-state index contributed by atoms with van der Waals surface area (Å²) in [6.45, 7) is 2.58. The van der Waals surface area contributed by atoms with Crippen molar-refractivity contribution in [2.45, 2.75) is 13.3 Å². The topological polar surface area (TPSA) is 43.3 Å². The first-order valence-electron chi connectivity index (χ1n) is 6.73. The number of rotatable bonds is 3. The number of aryl methyl sites for hydroxylation is 1. The van der Waals surface area contributed by atoms with E-state index in [1.54, 1.807) is 0 Å². The number of benzene rings is 1. The molecule has 1 aromatic carbocycles. The molecule has 2 aromatic heterocycles. The van der Waals surface area contributed by atoms with Crippen molar-refractivity contribution in [1.82, 2.24) is 9.38 Å². The zero-order chi connectivity index (χ0) is 15.0. The Hall–Kier alpha value is -1.36. The second-order valence-electron chi connectivity index (χ2n) is 4.99. The van der Waals surface area contributed by atoms with Crippen molar-refractivity contribution in [2.24, 2.45) is 5.73 Å². The fraction of sp³-hybridized carbons (Fsp3) is 0.188. The Morgan fingerprint density at radius 1 is 1.29 bits per heavy atom. The molecule has 0 aliphatic heterocycles. The maximum absolute atomic E-state index is 6.12. The number of hydrogen-bond donors (Lipinski definition) is 1. The van der Waals surface area contributed by atoms with E-state index < -0.39 is 0 Å². The lowest BCUT2D eigenvalue weighted by atomic mass is 10.1. The van der Waals surface area contributed by atoms with Gasteiger partial charge in [0.25, 0.3) is 0 Å². The van der Waals surface area contributed by atoms with Crippen LogP contribution in [0.2, 0.25) is 5.02 Å². The minimum atomic E-state index is 0.583. The van der Waals surface area contributed by atoms with Gasteiger partial charge in [0.1, 0.15) is 5.65 Å². The quantitative estimate of drug-likeness (QED) is 0.756. The van der Waals surface area contributed by atoms with Crippen LogP contribution in [0.15, 0.2) is 41.0 Å². The van der Waals surface area contributed by atoms with Gasteiger partial charge < -0.3 is 10.1 Å². The van der Waals surface area contributed by atoms with Gasteiger partial charge in [-0.2, -0.15) is 0 Å². The van der Waals surface area contributed by atoms with Crippen molar-refractivity contribution in [3.63, 3.8) is 0 Å². The fourth-order valence-electron chi connectivity index (χ4n) is 2.47. The third-order valence-electron chi connectivity index (χ3n) is 3.49. The molecule has 0 amide bonds. The Morgan fingerprint density at radius 2 is 2.10 bits per heavy atom. The molecule has 0 atom stereocenters. The highest BCUT2D eigenvalue weighted by atomic mass is 79.9. The minimum Gasteiger partial charge on any atom is -0.330 e. The molecule has 0 aliphatic carbocycles. The maximum atomic E-state index is 6.12. The predicted molar refractivity (Wildman–Crippen MR) is 90.8 cm³/mol. The molecule has 0 unspecified atom stereocenters. The van der Waals surface area contributed by atoms with Gasteiger partial charge >= 0.3 is 0 Å². The molecule has 3 nitrogen and oxygen atoms in total. The average molecular weight is 365 g/mol. The Bertz CT molecular complexity index is 811. The molecule has 0 aliphatic rings. The van der Waals surface area contributed by atoms with Crippen molar-refractivity contribution in [3.8, 4) is 11.3 Å². The summed E-state index contributed by atoms with van der Waals surface area (Å²) in [5.41, 5.74) is 10.9. The zero-order valence-electron chi connectivity index (χ0n) is 11.6. The van der Waals surface area contributed by atoms with E-state index in [4.69, 9.17) is 22.3 Å². The van der Waals surface area contributed by atoms with Crippen LogP contribution in [0, 0.1) is 6.92 Å². The third kappa shape index (κ3) is 2.71. The van der Waals surface area contributed by atoms with Gasteiger partial charge in [0, 0.05) is 27.7 Å². The molecule has 0 spiro atoms. The van der Waals surface area contributed by atoms with Gasteiger partial charge in [-0.05, 0) is 59.2 Å². The number of imidazole rings is 1. The molecule has 0 saturated heterocycles. The minimum absolute atomic E-state index is 0.583. The van der Waals surface area contributed by atoms with Crippen LogP contribution in [0.4, 0.5) is 0 Å². The Morgan fingerprint density at radius 3 is 2.81 bits per heavy atom. The second-order valence-corrected chi connectivity index (χ2v) is 6.31.